The molecule has 5 rings (SSSR count). The average molecular weight is 489 g/mol. The lowest BCUT2D eigenvalue weighted by atomic mass is 9.50. The zero-order chi connectivity index (χ0) is 25.3. The summed E-state index contributed by atoms with van der Waals surface area (Å²) in [6.07, 6.45) is 10.1. The number of ether oxygens (including phenoxy) is 1. The lowest BCUT2D eigenvalue weighted by molar-refractivity contribution is -0.130. The van der Waals surface area contributed by atoms with Crippen LogP contribution in [0, 0.1) is 29.1 Å². The first-order chi connectivity index (χ1) is 17.4. The fourth-order valence-electron chi connectivity index (χ4n) is 8.83. The van der Waals surface area contributed by atoms with Crippen LogP contribution in [0.2, 0.25) is 0 Å². The van der Waals surface area contributed by atoms with Gasteiger partial charge in [0, 0.05) is 6.42 Å². The first kappa shape index (κ1) is 25.5. The Morgan fingerprint density at radius 2 is 1.92 bits per heavy atom. The van der Waals surface area contributed by atoms with Gasteiger partial charge in [-0.25, -0.2) is 0 Å². The number of rotatable bonds is 9. The molecule has 3 nitrogen and oxygen atoms in total. The van der Waals surface area contributed by atoms with Gasteiger partial charge in [-0.3, -0.25) is 0 Å². The van der Waals surface area contributed by atoms with E-state index in [1.807, 2.05) is 6.07 Å². The van der Waals surface area contributed by atoms with Crippen LogP contribution in [0.5, 0.6) is 5.75 Å². The second-order valence-corrected chi connectivity index (χ2v) is 12.1. The van der Waals surface area contributed by atoms with Crippen LogP contribution >= 0.6 is 0 Å². The zero-order valence-corrected chi connectivity index (χ0v) is 22.4. The Balaban J connectivity index is 1.44. The number of aldehydes is 1. The molecule has 0 amide bonds. The van der Waals surface area contributed by atoms with Crippen molar-refractivity contribution < 1.29 is 14.6 Å². The Hall–Kier alpha value is -2.13. The third-order valence-corrected chi connectivity index (χ3v) is 10.5. The fraction of sp³-hybridized carbons (Fsp3) is 0.606. The van der Waals surface area contributed by atoms with E-state index in [4.69, 9.17) is 4.74 Å². The summed E-state index contributed by atoms with van der Waals surface area (Å²) in [5.74, 6) is 3.56. The van der Waals surface area contributed by atoms with Crippen molar-refractivity contribution in [3.63, 3.8) is 0 Å². The molecule has 36 heavy (non-hydrogen) atoms. The molecule has 0 aromatic heterocycles. The Kier molecular flexibility index (Phi) is 7.32. The minimum atomic E-state index is -0.655. The average Bonchev–Trinajstić information content (AvgIpc) is 3.13. The predicted octanol–water partition coefficient (Wildman–Crippen LogP) is 7.49. The van der Waals surface area contributed by atoms with Crippen molar-refractivity contribution >= 4 is 6.29 Å². The summed E-state index contributed by atoms with van der Waals surface area (Å²) in [6.45, 7) is 7.46. The highest BCUT2D eigenvalue weighted by Crippen LogP contribution is 2.68. The van der Waals surface area contributed by atoms with Crippen molar-refractivity contribution in [2.45, 2.75) is 96.7 Å². The number of benzene rings is 2. The van der Waals surface area contributed by atoms with Gasteiger partial charge in [0.05, 0.1) is 5.60 Å². The Morgan fingerprint density at radius 3 is 2.64 bits per heavy atom. The van der Waals surface area contributed by atoms with Gasteiger partial charge in [0.25, 0.3) is 0 Å². The smallest absolute Gasteiger partial charge is 0.120 e. The summed E-state index contributed by atoms with van der Waals surface area (Å²) in [7, 11) is 0. The third-order valence-electron chi connectivity index (χ3n) is 10.5. The van der Waals surface area contributed by atoms with E-state index in [-0.39, 0.29) is 11.3 Å². The van der Waals surface area contributed by atoms with Crippen molar-refractivity contribution in [1.29, 1.82) is 0 Å². The highest BCUT2D eigenvalue weighted by molar-refractivity contribution is 5.49. The topological polar surface area (TPSA) is 46.5 Å². The van der Waals surface area contributed by atoms with Crippen LogP contribution in [0.1, 0.15) is 94.7 Å². The van der Waals surface area contributed by atoms with Gasteiger partial charge >= 0.3 is 0 Å². The number of carbonyl (C=O) groups excluding carboxylic acids is 1. The van der Waals surface area contributed by atoms with E-state index >= 15 is 0 Å². The lowest BCUT2D eigenvalue weighted by Gasteiger charge is -2.56. The Morgan fingerprint density at radius 1 is 1.11 bits per heavy atom. The fourth-order valence-corrected chi connectivity index (χ4v) is 8.83. The van der Waals surface area contributed by atoms with Crippen molar-refractivity contribution in [1.82, 2.24) is 0 Å². The molecule has 2 saturated carbocycles. The van der Waals surface area contributed by atoms with Crippen molar-refractivity contribution in [2.24, 2.45) is 29.1 Å². The first-order valence-corrected chi connectivity index (χ1v) is 14.4. The van der Waals surface area contributed by atoms with Crippen molar-refractivity contribution in [3.8, 4) is 5.75 Å². The molecule has 0 heterocycles. The van der Waals surface area contributed by atoms with E-state index in [0.29, 0.717) is 36.7 Å². The Labute approximate surface area is 217 Å². The van der Waals surface area contributed by atoms with Crippen LogP contribution in [-0.2, 0) is 17.8 Å². The molecule has 0 aliphatic heterocycles. The van der Waals surface area contributed by atoms with Crippen LogP contribution in [0.4, 0.5) is 0 Å². The van der Waals surface area contributed by atoms with Gasteiger partial charge in [0.2, 0.25) is 0 Å². The summed E-state index contributed by atoms with van der Waals surface area (Å²) in [6, 6.07) is 17.2. The first-order valence-electron chi connectivity index (χ1n) is 14.4. The van der Waals surface area contributed by atoms with Crippen molar-refractivity contribution in [3.05, 3.63) is 65.2 Å². The Bertz CT molecular complexity index is 1050. The minimum absolute atomic E-state index is 0.0568. The largest absolute Gasteiger partial charge is 0.489 e. The maximum absolute atomic E-state index is 12.1. The number of hydrogen-bond donors (Lipinski definition) is 1. The normalized spacial score (nSPS) is 34.9. The lowest BCUT2D eigenvalue weighted by Crippen LogP contribution is -2.53. The quantitative estimate of drug-likeness (QED) is 0.372. The number of hydrogen-bond acceptors (Lipinski definition) is 3. The van der Waals surface area contributed by atoms with Gasteiger partial charge in [0.1, 0.15) is 18.6 Å². The summed E-state index contributed by atoms with van der Waals surface area (Å²) in [5.41, 5.74) is 3.48. The van der Waals surface area contributed by atoms with Gasteiger partial charge in [-0.15, -0.1) is 0 Å². The summed E-state index contributed by atoms with van der Waals surface area (Å²) < 4.78 is 6.21. The molecule has 3 heteroatoms. The maximum atomic E-state index is 12.1. The third kappa shape index (κ3) is 4.22. The van der Waals surface area contributed by atoms with Gasteiger partial charge in [-0.05, 0) is 102 Å². The molecule has 7 atom stereocenters. The van der Waals surface area contributed by atoms with Crippen LogP contribution in [0.3, 0.4) is 0 Å². The number of carbonyl (C=O) groups is 1. The summed E-state index contributed by atoms with van der Waals surface area (Å²) in [5, 5.41) is 12.1. The molecule has 3 aliphatic carbocycles. The molecule has 0 radical (unpaired) electrons. The maximum Gasteiger partial charge on any atom is 0.120 e. The predicted molar refractivity (Wildman–Crippen MR) is 145 cm³/mol. The monoisotopic (exact) mass is 488 g/mol. The summed E-state index contributed by atoms with van der Waals surface area (Å²) in [4.78, 5) is 11.2. The van der Waals surface area contributed by atoms with E-state index in [2.05, 4.69) is 63.2 Å². The van der Waals surface area contributed by atoms with E-state index in [0.717, 1.165) is 50.6 Å². The van der Waals surface area contributed by atoms with Crippen LogP contribution in [0.15, 0.2) is 48.5 Å². The molecule has 194 valence electrons. The second kappa shape index (κ2) is 10.3. The molecular weight excluding hydrogens is 444 g/mol. The molecular formula is C33H44O3. The molecule has 3 unspecified atom stereocenters. The molecule has 1 N–H and O–H groups in total. The SMILES string of the molecule is CCC[C@@H]1Cc2cc(OCc3ccccc3)ccc2C2CC[C@@]3(C)C(C[C@@H](CCC=O)[C@@]3(O)CC)C21. The van der Waals surface area contributed by atoms with Crippen LogP contribution in [-0.4, -0.2) is 17.0 Å². The molecule has 2 fully saturated rings. The molecule has 0 saturated heterocycles. The number of aliphatic hydroxyl groups is 1. The van der Waals surface area contributed by atoms with Gasteiger partial charge in [-0.2, -0.15) is 0 Å². The van der Waals surface area contributed by atoms with E-state index in [9.17, 15) is 9.90 Å². The molecule has 3 aliphatic rings. The van der Waals surface area contributed by atoms with Gasteiger partial charge in [-0.1, -0.05) is 70.0 Å². The molecule has 0 bridgehead atoms. The van der Waals surface area contributed by atoms with E-state index in [1.165, 1.54) is 29.5 Å². The van der Waals surface area contributed by atoms with Crippen LogP contribution in [0.25, 0.3) is 0 Å². The van der Waals surface area contributed by atoms with E-state index < -0.39 is 5.60 Å². The summed E-state index contributed by atoms with van der Waals surface area (Å²) >= 11 is 0. The van der Waals surface area contributed by atoms with Crippen LogP contribution < -0.4 is 4.74 Å². The molecule has 2 aromatic rings. The van der Waals surface area contributed by atoms with E-state index in [1.54, 1.807) is 0 Å². The minimum Gasteiger partial charge on any atom is -0.489 e. The highest BCUT2D eigenvalue weighted by atomic mass is 16.5. The number of fused-ring (bicyclic) bond motifs is 5. The molecule has 0 spiro atoms. The molecule has 2 aromatic carbocycles. The standard InChI is InChI=1S/C33H44O3/c1-4-10-24-19-25-20-27(36-22-23-11-7-6-8-12-23)14-15-28(25)29-16-17-32(3)30(31(24)29)21-26(13-9-18-34)33(32,35)5-2/h6-8,11-12,14-15,18,20,24,26,29-31,35H,4-5,9-10,13,16-17,19,21-22H2,1-3H3/t24-,26-,29?,30?,31?,32+,33+/m1/s1. The van der Waals surface area contributed by atoms with Gasteiger partial charge in [0.15, 0.2) is 0 Å². The highest BCUT2D eigenvalue weighted by Gasteiger charge is 2.65. The zero-order valence-electron chi connectivity index (χ0n) is 22.4. The van der Waals surface area contributed by atoms with Gasteiger partial charge < -0.3 is 14.6 Å². The second-order valence-electron chi connectivity index (χ2n) is 12.1. The van der Waals surface area contributed by atoms with Crippen molar-refractivity contribution in [2.75, 3.05) is 0 Å².